The van der Waals surface area contributed by atoms with Gasteiger partial charge in [-0.3, -0.25) is 4.79 Å². The molecule has 1 aromatic carbocycles. The van der Waals surface area contributed by atoms with Crippen molar-refractivity contribution in [1.29, 1.82) is 0 Å². The van der Waals surface area contributed by atoms with E-state index in [1.807, 2.05) is 0 Å². The second kappa shape index (κ2) is 8.29. The number of nitrogens with zero attached hydrogens (tertiary/aromatic N) is 1. The van der Waals surface area contributed by atoms with Gasteiger partial charge in [0, 0.05) is 37.7 Å². The van der Waals surface area contributed by atoms with Crippen LogP contribution in [0.4, 0.5) is 0 Å². The Hall–Kier alpha value is -1.44. The maximum Gasteiger partial charge on any atom is 0.251 e. The van der Waals surface area contributed by atoms with Gasteiger partial charge >= 0.3 is 0 Å². The first-order valence-corrected chi connectivity index (χ1v) is 10.5. The minimum absolute atomic E-state index is 0.175. The zero-order valence-corrected chi connectivity index (χ0v) is 15.3. The topological polar surface area (TPSA) is 75.7 Å². The molecule has 1 atom stereocenters. The van der Waals surface area contributed by atoms with Crippen molar-refractivity contribution in [2.45, 2.75) is 37.0 Å². The molecule has 0 bridgehead atoms. The van der Waals surface area contributed by atoms with Gasteiger partial charge in [0.25, 0.3) is 5.91 Å². The van der Waals surface area contributed by atoms with Crippen LogP contribution in [-0.4, -0.2) is 51.5 Å². The highest BCUT2D eigenvalue weighted by atomic mass is 32.2. The minimum atomic E-state index is -3.47. The standard InChI is InChI=1S/C18H26N2O4S/c21-18(19-13-15-9-12-24-14-15)16-5-7-17(8-6-16)25(22,23)20-10-3-1-2-4-11-20/h5-8,15H,1-4,9-14H2,(H,19,21). The van der Waals surface area contributed by atoms with Gasteiger partial charge in [-0.15, -0.1) is 0 Å². The number of hydrogen-bond acceptors (Lipinski definition) is 4. The van der Waals surface area contributed by atoms with Crippen molar-refractivity contribution < 1.29 is 17.9 Å². The van der Waals surface area contributed by atoms with E-state index in [0.29, 0.717) is 37.7 Å². The largest absolute Gasteiger partial charge is 0.381 e. The lowest BCUT2D eigenvalue weighted by Crippen LogP contribution is -2.32. The van der Waals surface area contributed by atoms with Crippen LogP contribution in [0.3, 0.4) is 0 Å². The molecule has 0 spiro atoms. The highest BCUT2D eigenvalue weighted by Gasteiger charge is 2.25. The Morgan fingerprint density at radius 3 is 2.40 bits per heavy atom. The monoisotopic (exact) mass is 366 g/mol. The number of carbonyl (C=O) groups excluding carboxylic acids is 1. The summed E-state index contributed by atoms with van der Waals surface area (Å²) in [4.78, 5) is 12.5. The highest BCUT2D eigenvalue weighted by molar-refractivity contribution is 7.89. The molecule has 1 amide bonds. The molecule has 0 radical (unpaired) electrons. The summed E-state index contributed by atoms with van der Waals surface area (Å²) in [5, 5.41) is 2.89. The summed E-state index contributed by atoms with van der Waals surface area (Å²) < 4.78 is 32.3. The van der Waals surface area contributed by atoms with Crippen LogP contribution in [0.5, 0.6) is 0 Å². The lowest BCUT2D eigenvalue weighted by molar-refractivity contribution is 0.0945. The number of ether oxygens (including phenoxy) is 1. The van der Waals surface area contributed by atoms with Gasteiger partial charge in [-0.2, -0.15) is 4.31 Å². The third-order valence-corrected chi connectivity index (χ3v) is 6.81. The lowest BCUT2D eigenvalue weighted by atomic mass is 10.1. The number of benzene rings is 1. The SMILES string of the molecule is O=C(NCC1CCOC1)c1ccc(S(=O)(=O)N2CCCCCC2)cc1. The summed E-state index contributed by atoms with van der Waals surface area (Å²) in [5.74, 6) is 0.192. The molecule has 6 nitrogen and oxygen atoms in total. The van der Waals surface area contributed by atoms with Crippen molar-refractivity contribution in [3.8, 4) is 0 Å². The van der Waals surface area contributed by atoms with E-state index in [0.717, 1.165) is 38.7 Å². The van der Waals surface area contributed by atoms with Crippen LogP contribution in [0.1, 0.15) is 42.5 Å². The predicted octanol–water partition coefficient (Wildman–Crippen LogP) is 2.02. The van der Waals surface area contributed by atoms with Crippen LogP contribution < -0.4 is 5.32 Å². The van der Waals surface area contributed by atoms with Crippen molar-refractivity contribution in [3.63, 3.8) is 0 Å². The number of rotatable bonds is 5. The molecule has 2 aliphatic heterocycles. The fourth-order valence-electron chi connectivity index (χ4n) is 3.29. The molecule has 1 unspecified atom stereocenters. The molecule has 25 heavy (non-hydrogen) atoms. The Morgan fingerprint density at radius 2 is 1.80 bits per heavy atom. The summed E-state index contributed by atoms with van der Waals surface area (Å²) in [6, 6.07) is 6.25. The minimum Gasteiger partial charge on any atom is -0.381 e. The summed E-state index contributed by atoms with van der Waals surface area (Å²) >= 11 is 0. The van der Waals surface area contributed by atoms with E-state index in [2.05, 4.69) is 5.32 Å². The molecule has 0 saturated carbocycles. The highest BCUT2D eigenvalue weighted by Crippen LogP contribution is 2.20. The van der Waals surface area contributed by atoms with Crippen molar-refractivity contribution in [2.24, 2.45) is 5.92 Å². The summed E-state index contributed by atoms with van der Waals surface area (Å²) in [5.41, 5.74) is 0.480. The fraction of sp³-hybridized carbons (Fsp3) is 0.611. The number of sulfonamides is 1. The maximum atomic E-state index is 12.7. The molecule has 2 heterocycles. The number of nitrogens with one attached hydrogen (secondary N) is 1. The number of amides is 1. The molecular formula is C18H26N2O4S. The molecule has 2 fully saturated rings. The molecule has 0 aromatic heterocycles. The number of hydrogen-bond donors (Lipinski definition) is 1. The van der Waals surface area contributed by atoms with Gasteiger partial charge in [0.1, 0.15) is 0 Å². The van der Waals surface area contributed by atoms with E-state index in [9.17, 15) is 13.2 Å². The van der Waals surface area contributed by atoms with Gasteiger partial charge < -0.3 is 10.1 Å². The predicted molar refractivity (Wildman–Crippen MR) is 94.9 cm³/mol. The average Bonchev–Trinajstić information content (AvgIpc) is 2.99. The van der Waals surface area contributed by atoms with Crippen molar-refractivity contribution in [1.82, 2.24) is 9.62 Å². The molecule has 7 heteroatoms. The molecule has 0 aliphatic carbocycles. The Labute approximate surface area is 149 Å². The molecule has 3 rings (SSSR count). The van der Waals surface area contributed by atoms with Gasteiger partial charge in [-0.05, 0) is 43.5 Å². The quantitative estimate of drug-likeness (QED) is 0.865. The molecule has 1 N–H and O–H groups in total. The van der Waals surface area contributed by atoms with E-state index < -0.39 is 10.0 Å². The molecule has 1 aromatic rings. The normalized spacial score (nSPS) is 22.5. The maximum absolute atomic E-state index is 12.7. The third kappa shape index (κ3) is 4.59. The van der Waals surface area contributed by atoms with Gasteiger partial charge in [0.2, 0.25) is 10.0 Å². The van der Waals surface area contributed by atoms with Gasteiger partial charge in [0.05, 0.1) is 11.5 Å². The van der Waals surface area contributed by atoms with E-state index in [4.69, 9.17) is 4.74 Å². The van der Waals surface area contributed by atoms with E-state index in [-0.39, 0.29) is 10.8 Å². The first kappa shape index (κ1) is 18.4. The fourth-order valence-corrected chi connectivity index (χ4v) is 4.81. The molecular weight excluding hydrogens is 340 g/mol. The Kier molecular flexibility index (Phi) is 6.09. The van der Waals surface area contributed by atoms with E-state index in [1.54, 1.807) is 16.4 Å². The van der Waals surface area contributed by atoms with Crippen molar-refractivity contribution >= 4 is 15.9 Å². The average molecular weight is 366 g/mol. The van der Waals surface area contributed by atoms with Crippen molar-refractivity contribution in [3.05, 3.63) is 29.8 Å². The lowest BCUT2D eigenvalue weighted by Gasteiger charge is -2.20. The Bertz CT molecular complexity index is 674. The Morgan fingerprint density at radius 1 is 1.12 bits per heavy atom. The zero-order chi connectivity index (χ0) is 17.7. The van der Waals surface area contributed by atoms with E-state index >= 15 is 0 Å². The number of carbonyl (C=O) groups is 1. The van der Waals surface area contributed by atoms with Crippen LogP contribution in [0.2, 0.25) is 0 Å². The second-order valence-corrected chi connectivity index (χ2v) is 8.72. The van der Waals surface area contributed by atoms with Gasteiger partial charge in [-0.25, -0.2) is 8.42 Å². The van der Waals surface area contributed by atoms with Crippen molar-refractivity contribution in [2.75, 3.05) is 32.8 Å². The smallest absolute Gasteiger partial charge is 0.251 e. The first-order valence-electron chi connectivity index (χ1n) is 9.03. The molecule has 2 saturated heterocycles. The second-order valence-electron chi connectivity index (χ2n) is 6.78. The summed E-state index contributed by atoms with van der Waals surface area (Å²) in [6.07, 6.45) is 4.94. The van der Waals surface area contributed by atoms with Gasteiger partial charge in [-0.1, -0.05) is 12.8 Å². The van der Waals surface area contributed by atoms with Crippen LogP contribution in [0.25, 0.3) is 0 Å². The van der Waals surface area contributed by atoms with E-state index in [1.165, 1.54) is 12.1 Å². The Balaban J connectivity index is 1.63. The first-order chi connectivity index (χ1) is 12.1. The van der Waals surface area contributed by atoms with Crippen LogP contribution >= 0.6 is 0 Å². The van der Waals surface area contributed by atoms with Crippen LogP contribution in [0.15, 0.2) is 29.2 Å². The zero-order valence-electron chi connectivity index (χ0n) is 14.4. The molecule has 2 aliphatic rings. The third-order valence-electron chi connectivity index (χ3n) is 4.89. The summed E-state index contributed by atoms with van der Waals surface area (Å²) in [6.45, 7) is 3.19. The molecule has 138 valence electrons. The van der Waals surface area contributed by atoms with Crippen LogP contribution in [0, 0.1) is 5.92 Å². The summed E-state index contributed by atoms with van der Waals surface area (Å²) in [7, 11) is -3.47. The van der Waals surface area contributed by atoms with Gasteiger partial charge in [0.15, 0.2) is 0 Å². The van der Waals surface area contributed by atoms with Crippen LogP contribution in [-0.2, 0) is 14.8 Å².